The highest BCUT2D eigenvalue weighted by atomic mass is 16.5. The van der Waals surface area contributed by atoms with Crippen LogP contribution in [0, 0.1) is 5.92 Å². The molecular weight excluding hydrogens is 298 g/mol. The Morgan fingerprint density at radius 3 is 1.83 bits per heavy atom. The first-order chi connectivity index (χ1) is 11.5. The third-order valence-corrected chi connectivity index (χ3v) is 4.43. The monoisotopic (exact) mass is 325 g/mol. The molecule has 0 aromatic heterocycles. The second-order valence-corrected chi connectivity index (χ2v) is 6.42. The van der Waals surface area contributed by atoms with Gasteiger partial charge in [-0.1, -0.05) is 67.6 Å². The molecule has 128 valence electrons. The highest BCUT2D eigenvalue weighted by Crippen LogP contribution is 2.41. The van der Waals surface area contributed by atoms with Gasteiger partial charge in [0.25, 0.3) is 0 Å². The second-order valence-electron chi connectivity index (χ2n) is 6.42. The highest BCUT2D eigenvalue weighted by Gasteiger charge is 2.48. The molecule has 2 aromatic rings. The minimum Gasteiger partial charge on any atom is -0.465 e. The van der Waals surface area contributed by atoms with Crippen LogP contribution in [0.1, 0.15) is 25.0 Å². The molecule has 0 N–H and O–H groups in total. The van der Waals surface area contributed by atoms with Gasteiger partial charge in [0.05, 0.1) is 6.61 Å². The van der Waals surface area contributed by atoms with Gasteiger partial charge in [-0.15, -0.1) is 0 Å². The maximum absolute atomic E-state index is 13.2. The number of rotatable bonds is 7. The maximum atomic E-state index is 13.2. The summed E-state index contributed by atoms with van der Waals surface area (Å²) < 4.78 is 5.56. The number of carbonyl (C=O) groups is 1. The van der Waals surface area contributed by atoms with Crippen molar-refractivity contribution in [1.29, 1.82) is 0 Å². The van der Waals surface area contributed by atoms with E-state index in [4.69, 9.17) is 4.74 Å². The molecule has 0 bridgehead atoms. The first kappa shape index (κ1) is 18.2. The van der Waals surface area contributed by atoms with Crippen molar-refractivity contribution in [2.75, 3.05) is 27.2 Å². The molecule has 2 rings (SSSR count). The molecule has 1 atom stereocenters. The number of esters is 1. The molecular formula is C21H27NO2. The molecule has 0 aliphatic rings. The predicted molar refractivity (Wildman–Crippen MR) is 98.0 cm³/mol. The average Bonchev–Trinajstić information content (AvgIpc) is 2.57. The number of carbonyl (C=O) groups excluding carboxylic acids is 1. The molecule has 3 nitrogen and oxygen atoms in total. The SMILES string of the molecule is CCOC(=O)C(c1ccccc1)(c1ccccc1)C(C)CN(C)C. The Bertz CT molecular complexity index is 598. The van der Waals surface area contributed by atoms with Gasteiger partial charge < -0.3 is 9.64 Å². The van der Waals surface area contributed by atoms with Gasteiger partial charge in [0.1, 0.15) is 5.41 Å². The summed E-state index contributed by atoms with van der Waals surface area (Å²) in [7, 11) is 4.06. The summed E-state index contributed by atoms with van der Waals surface area (Å²) in [5.74, 6) is -0.131. The summed E-state index contributed by atoms with van der Waals surface area (Å²) in [5, 5.41) is 0. The second kappa shape index (κ2) is 8.11. The van der Waals surface area contributed by atoms with Gasteiger partial charge in [0.15, 0.2) is 0 Å². The molecule has 0 heterocycles. The van der Waals surface area contributed by atoms with Crippen molar-refractivity contribution in [3.8, 4) is 0 Å². The lowest BCUT2D eigenvalue weighted by molar-refractivity contribution is -0.150. The third kappa shape index (κ3) is 3.51. The lowest BCUT2D eigenvalue weighted by Crippen LogP contribution is -2.47. The zero-order valence-corrected chi connectivity index (χ0v) is 15.0. The lowest BCUT2D eigenvalue weighted by Gasteiger charge is -2.39. The summed E-state index contributed by atoms with van der Waals surface area (Å²) in [4.78, 5) is 15.4. The van der Waals surface area contributed by atoms with Crippen LogP contribution in [0.25, 0.3) is 0 Å². The zero-order valence-electron chi connectivity index (χ0n) is 15.0. The van der Waals surface area contributed by atoms with E-state index < -0.39 is 5.41 Å². The first-order valence-electron chi connectivity index (χ1n) is 8.46. The number of nitrogens with zero attached hydrogens (tertiary/aromatic N) is 1. The van der Waals surface area contributed by atoms with Crippen LogP contribution >= 0.6 is 0 Å². The van der Waals surface area contributed by atoms with Crippen LogP contribution in [0.2, 0.25) is 0 Å². The van der Waals surface area contributed by atoms with Gasteiger partial charge in [-0.05, 0) is 38.1 Å². The van der Waals surface area contributed by atoms with E-state index in [0.717, 1.165) is 17.7 Å². The highest BCUT2D eigenvalue weighted by molar-refractivity contribution is 5.88. The summed E-state index contributed by atoms with van der Waals surface area (Å²) in [5.41, 5.74) is 1.14. The normalized spacial score (nSPS) is 12.9. The van der Waals surface area contributed by atoms with Gasteiger partial charge >= 0.3 is 5.97 Å². The molecule has 24 heavy (non-hydrogen) atoms. The molecule has 0 saturated carbocycles. The Hall–Kier alpha value is -2.13. The summed E-state index contributed by atoms with van der Waals surface area (Å²) in [6.07, 6.45) is 0. The van der Waals surface area contributed by atoms with Crippen molar-refractivity contribution in [2.45, 2.75) is 19.3 Å². The molecule has 0 spiro atoms. The molecule has 0 aliphatic carbocycles. The average molecular weight is 325 g/mol. The largest absolute Gasteiger partial charge is 0.465 e. The Morgan fingerprint density at radius 1 is 1.00 bits per heavy atom. The molecule has 2 aromatic carbocycles. The fraction of sp³-hybridized carbons (Fsp3) is 0.381. The third-order valence-electron chi connectivity index (χ3n) is 4.43. The number of hydrogen-bond acceptors (Lipinski definition) is 3. The van der Waals surface area contributed by atoms with Crippen LogP contribution in [0.15, 0.2) is 60.7 Å². The summed E-state index contributed by atoms with van der Waals surface area (Å²) in [6.45, 7) is 5.13. The first-order valence-corrected chi connectivity index (χ1v) is 8.46. The van der Waals surface area contributed by atoms with Gasteiger partial charge in [-0.25, -0.2) is 0 Å². The van der Waals surface area contributed by atoms with Crippen LogP contribution in [0.3, 0.4) is 0 Å². The predicted octanol–water partition coefficient (Wildman–Crippen LogP) is 3.73. The van der Waals surface area contributed by atoms with Gasteiger partial charge in [0, 0.05) is 6.54 Å². The Kier molecular flexibility index (Phi) is 6.16. The fourth-order valence-corrected chi connectivity index (χ4v) is 3.50. The van der Waals surface area contributed by atoms with E-state index in [1.54, 1.807) is 0 Å². The lowest BCUT2D eigenvalue weighted by atomic mass is 9.66. The van der Waals surface area contributed by atoms with Crippen LogP contribution in [0.5, 0.6) is 0 Å². The quantitative estimate of drug-likeness (QED) is 0.727. The summed E-state index contributed by atoms with van der Waals surface area (Å²) >= 11 is 0. The number of benzene rings is 2. The molecule has 0 saturated heterocycles. The van der Waals surface area contributed by atoms with E-state index in [1.807, 2.05) is 81.7 Å². The van der Waals surface area contributed by atoms with E-state index in [-0.39, 0.29) is 11.9 Å². The van der Waals surface area contributed by atoms with Crippen LogP contribution in [-0.2, 0) is 14.9 Å². The van der Waals surface area contributed by atoms with E-state index >= 15 is 0 Å². The minimum absolute atomic E-state index is 0.0522. The molecule has 0 amide bonds. The molecule has 0 radical (unpaired) electrons. The van der Waals surface area contributed by atoms with E-state index in [9.17, 15) is 4.79 Å². The van der Waals surface area contributed by atoms with Crippen molar-refractivity contribution in [1.82, 2.24) is 4.90 Å². The molecule has 1 unspecified atom stereocenters. The van der Waals surface area contributed by atoms with Crippen molar-refractivity contribution in [2.24, 2.45) is 5.92 Å². The van der Waals surface area contributed by atoms with Gasteiger partial charge in [-0.2, -0.15) is 0 Å². The van der Waals surface area contributed by atoms with Crippen LogP contribution < -0.4 is 0 Å². The Labute approximate surface area is 145 Å². The van der Waals surface area contributed by atoms with E-state index in [1.165, 1.54) is 0 Å². The fourth-order valence-electron chi connectivity index (χ4n) is 3.50. The molecule has 3 heteroatoms. The Morgan fingerprint density at radius 2 is 1.46 bits per heavy atom. The standard InChI is InChI=1S/C21H27NO2/c1-5-24-20(23)21(17(2)16-22(3)4,18-12-8-6-9-13-18)19-14-10-7-11-15-19/h6-15,17H,5,16H2,1-4H3. The Balaban J connectivity index is 2.70. The van der Waals surface area contributed by atoms with Crippen molar-refractivity contribution < 1.29 is 9.53 Å². The van der Waals surface area contributed by atoms with E-state index in [0.29, 0.717) is 6.61 Å². The maximum Gasteiger partial charge on any atom is 0.321 e. The summed E-state index contributed by atoms with van der Waals surface area (Å²) in [6, 6.07) is 20.0. The van der Waals surface area contributed by atoms with Crippen molar-refractivity contribution >= 4 is 5.97 Å². The van der Waals surface area contributed by atoms with Gasteiger partial charge in [-0.3, -0.25) is 4.79 Å². The molecule has 0 aliphatic heterocycles. The van der Waals surface area contributed by atoms with Crippen molar-refractivity contribution in [3.05, 3.63) is 71.8 Å². The molecule has 0 fully saturated rings. The topological polar surface area (TPSA) is 29.5 Å². The van der Waals surface area contributed by atoms with Crippen molar-refractivity contribution in [3.63, 3.8) is 0 Å². The number of ether oxygens (including phenoxy) is 1. The minimum atomic E-state index is -0.817. The smallest absolute Gasteiger partial charge is 0.321 e. The van der Waals surface area contributed by atoms with Crippen LogP contribution in [-0.4, -0.2) is 38.1 Å². The van der Waals surface area contributed by atoms with E-state index in [2.05, 4.69) is 11.8 Å². The van der Waals surface area contributed by atoms with Crippen LogP contribution in [0.4, 0.5) is 0 Å². The zero-order chi connectivity index (χ0) is 17.6. The van der Waals surface area contributed by atoms with Gasteiger partial charge in [0.2, 0.25) is 0 Å². The number of hydrogen-bond donors (Lipinski definition) is 0.